The molecule has 0 amide bonds. The van der Waals surface area contributed by atoms with Crippen molar-refractivity contribution in [2.45, 2.75) is 6.92 Å². The third-order valence-electron chi connectivity index (χ3n) is 2.61. The molecule has 2 rings (SSSR count). The Bertz CT molecular complexity index is 563. The minimum atomic E-state index is 0.491. The number of aromatic nitrogens is 2. The van der Waals surface area contributed by atoms with Crippen molar-refractivity contribution in [3.63, 3.8) is 0 Å². The van der Waals surface area contributed by atoms with E-state index in [2.05, 4.69) is 27.2 Å². The molecule has 0 fully saturated rings. The molecule has 4 N–H and O–H groups in total. The molecule has 1 heterocycles. The molecule has 1 aromatic heterocycles. The molecule has 0 radical (unpaired) electrons. The SMILES string of the molecule is C=CCNc1ncnc(Nc2ccc(C)cc2)c1N. The molecule has 5 heteroatoms. The Morgan fingerprint density at radius 1 is 1.21 bits per heavy atom. The molecule has 19 heavy (non-hydrogen) atoms. The summed E-state index contributed by atoms with van der Waals surface area (Å²) in [6, 6.07) is 8.01. The van der Waals surface area contributed by atoms with Gasteiger partial charge in [-0.05, 0) is 19.1 Å². The fourth-order valence-electron chi connectivity index (χ4n) is 1.58. The Kier molecular flexibility index (Phi) is 3.97. The van der Waals surface area contributed by atoms with Gasteiger partial charge in [0.1, 0.15) is 12.0 Å². The number of benzene rings is 1. The monoisotopic (exact) mass is 255 g/mol. The van der Waals surface area contributed by atoms with Crippen molar-refractivity contribution in [1.82, 2.24) is 9.97 Å². The molecule has 0 spiro atoms. The van der Waals surface area contributed by atoms with Gasteiger partial charge in [-0.15, -0.1) is 6.58 Å². The lowest BCUT2D eigenvalue weighted by Crippen LogP contribution is -2.07. The number of anilines is 4. The topological polar surface area (TPSA) is 75.9 Å². The van der Waals surface area contributed by atoms with Crippen LogP contribution in [0, 0.1) is 6.92 Å². The lowest BCUT2D eigenvalue weighted by Gasteiger charge is -2.11. The second-order valence-electron chi connectivity index (χ2n) is 4.15. The molecule has 2 aromatic rings. The molecule has 0 bridgehead atoms. The molecule has 0 saturated carbocycles. The minimum Gasteiger partial charge on any atom is -0.393 e. The van der Waals surface area contributed by atoms with Gasteiger partial charge in [-0.2, -0.15) is 0 Å². The van der Waals surface area contributed by atoms with Gasteiger partial charge in [0.25, 0.3) is 0 Å². The maximum absolute atomic E-state index is 6.02. The highest BCUT2D eigenvalue weighted by molar-refractivity contribution is 5.77. The van der Waals surface area contributed by atoms with Crippen LogP contribution in [0.4, 0.5) is 23.0 Å². The molecule has 0 aliphatic rings. The number of nitrogens with one attached hydrogen (secondary N) is 2. The second kappa shape index (κ2) is 5.86. The molecule has 0 aliphatic carbocycles. The van der Waals surface area contributed by atoms with Crippen molar-refractivity contribution in [3.05, 3.63) is 48.8 Å². The molecule has 1 aromatic carbocycles. The van der Waals surface area contributed by atoms with Crippen molar-refractivity contribution in [1.29, 1.82) is 0 Å². The van der Waals surface area contributed by atoms with Crippen LogP contribution in [0.15, 0.2) is 43.2 Å². The zero-order valence-electron chi connectivity index (χ0n) is 10.9. The van der Waals surface area contributed by atoms with Crippen LogP contribution in [0.3, 0.4) is 0 Å². The quantitative estimate of drug-likeness (QED) is 0.716. The summed E-state index contributed by atoms with van der Waals surface area (Å²) in [7, 11) is 0. The number of nitrogen functional groups attached to an aromatic ring is 1. The lowest BCUT2D eigenvalue weighted by atomic mass is 10.2. The first-order chi connectivity index (χ1) is 9.20. The van der Waals surface area contributed by atoms with E-state index in [0.717, 1.165) is 5.69 Å². The second-order valence-corrected chi connectivity index (χ2v) is 4.15. The summed E-state index contributed by atoms with van der Waals surface area (Å²) in [6.45, 7) is 6.29. The van der Waals surface area contributed by atoms with Gasteiger partial charge < -0.3 is 16.4 Å². The van der Waals surface area contributed by atoms with E-state index in [1.807, 2.05) is 31.2 Å². The first kappa shape index (κ1) is 12.9. The highest BCUT2D eigenvalue weighted by Crippen LogP contribution is 2.25. The van der Waals surface area contributed by atoms with Crippen molar-refractivity contribution in [3.8, 4) is 0 Å². The number of nitrogens with zero attached hydrogens (tertiary/aromatic N) is 2. The first-order valence-corrected chi connectivity index (χ1v) is 5.99. The number of nitrogens with two attached hydrogens (primary N) is 1. The predicted octanol–water partition coefficient (Wildman–Crippen LogP) is 2.71. The van der Waals surface area contributed by atoms with Crippen LogP contribution in [0.5, 0.6) is 0 Å². The Labute approximate surface area is 112 Å². The van der Waals surface area contributed by atoms with Crippen molar-refractivity contribution >= 4 is 23.0 Å². The third-order valence-corrected chi connectivity index (χ3v) is 2.61. The molecule has 5 nitrogen and oxygen atoms in total. The minimum absolute atomic E-state index is 0.491. The normalized spacial score (nSPS) is 9.95. The van der Waals surface area contributed by atoms with Gasteiger partial charge in [-0.25, -0.2) is 9.97 Å². The average molecular weight is 255 g/mol. The third kappa shape index (κ3) is 3.22. The van der Waals surface area contributed by atoms with E-state index in [0.29, 0.717) is 23.9 Å². The maximum atomic E-state index is 6.02. The van der Waals surface area contributed by atoms with Crippen molar-refractivity contribution < 1.29 is 0 Å². The van der Waals surface area contributed by atoms with Gasteiger partial charge in [0.2, 0.25) is 0 Å². The molecule has 98 valence electrons. The van der Waals surface area contributed by atoms with Gasteiger partial charge >= 0.3 is 0 Å². The largest absolute Gasteiger partial charge is 0.393 e. The Balaban J connectivity index is 2.20. The molecule has 0 aliphatic heterocycles. The van der Waals surface area contributed by atoms with Gasteiger partial charge in [-0.3, -0.25) is 0 Å². The predicted molar refractivity (Wildman–Crippen MR) is 79.6 cm³/mol. The Morgan fingerprint density at radius 3 is 2.58 bits per heavy atom. The fourth-order valence-corrected chi connectivity index (χ4v) is 1.58. The van der Waals surface area contributed by atoms with Crippen LogP contribution >= 0.6 is 0 Å². The smallest absolute Gasteiger partial charge is 0.159 e. The van der Waals surface area contributed by atoms with E-state index in [1.54, 1.807) is 6.08 Å². The highest BCUT2D eigenvalue weighted by atomic mass is 15.1. The summed E-state index contributed by atoms with van der Waals surface area (Å²) in [4.78, 5) is 8.25. The fraction of sp³-hybridized carbons (Fsp3) is 0.143. The number of hydrogen-bond acceptors (Lipinski definition) is 5. The van der Waals surface area contributed by atoms with E-state index in [1.165, 1.54) is 11.9 Å². The van der Waals surface area contributed by atoms with Crippen LogP contribution in [0.1, 0.15) is 5.56 Å². The number of rotatable bonds is 5. The molecule has 0 unspecified atom stereocenters. The van der Waals surface area contributed by atoms with E-state index in [9.17, 15) is 0 Å². The zero-order chi connectivity index (χ0) is 13.7. The lowest BCUT2D eigenvalue weighted by molar-refractivity contribution is 1.14. The summed E-state index contributed by atoms with van der Waals surface area (Å²) < 4.78 is 0. The van der Waals surface area contributed by atoms with Gasteiger partial charge in [-0.1, -0.05) is 23.8 Å². The van der Waals surface area contributed by atoms with Crippen LogP contribution in [0.2, 0.25) is 0 Å². The summed E-state index contributed by atoms with van der Waals surface area (Å²) in [6.07, 6.45) is 3.22. The van der Waals surface area contributed by atoms with Crippen LogP contribution < -0.4 is 16.4 Å². The summed E-state index contributed by atoms with van der Waals surface area (Å²) in [5, 5.41) is 6.24. The van der Waals surface area contributed by atoms with Crippen LogP contribution in [0.25, 0.3) is 0 Å². The highest BCUT2D eigenvalue weighted by Gasteiger charge is 2.07. The summed E-state index contributed by atoms with van der Waals surface area (Å²) >= 11 is 0. The Hall–Kier alpha value is -2.56. The van der Waals surface area contributed by atoms with Gasteiger partial charge in [0.05, 0.1) is 0 Å². The van der Waals surface area contributed by atoms with Crippen LogP contribution in [-0.4, -0.2) is 16.5 Å². The summed E-state index contributed by atoms with van der Waals surface area (Å²) in [5.74, 6) is 1.19. The Morgan fingerprint density at radius 2 is 1.89 bits per heavy atom. The average Bonchev–Trinajstić information content (AvgIpc) is 2.42. The first-order valence-electron chi connectivity index (χ1n) is 5.99. The maximum Gasteiger partial charge on any atom is 0.159 e. The molecular weight excluding hydrogens is 238 g/mol. The molecule has 0 saturated heterocycles. The molecule has 0 atom stereocenters. The van der Waals surface area contributed by atoms with Crippen LogP contribution in [-0.2, 0) is 0 Å². The van der Waals surface area contributed by atoms with Gasteiger partial charge in [0.15, 0.2) is 11.6 Å². The van der Waals surface area contributed by atoms with Gasteiger partial charge in [0, 0.05) is 12.2 Å². The zero-order valence-corrected chi connectivity index (χ0v) is 10.9. The molecular formula is C14H17N5. The van der Waals surface area contributed by atoms with E-state index < -0.39 is 0 Å². The van der Waals surface area contributed by atoms with Crippen molar-refractivity contribution in [2.24, 2.45) is 0 Å². The summed E-state index contributed by atoms with van der Waals surface area (Å²) in [5.41, 5.74) is 8.65. The van der Waals surface area contributed by atoms with E-state index >= 15 is 0 Å². The number of hydrogen-bond donors (Lipinski definition) is 3. The van der Waals surface area contributed by atoms with Crippen molar-refractivity contribution in [2.75, 3.05) is 22.9 Å². The van der Waals surface area contributed by atoms with E-state index in [4.69, 9.17) is 5.73 Å². The van der Waals surface area contributed by atoms with E-state index in [-0.39, 0.29) is 0 Å². The standard InChI is InChI=1S/C14H17N5/c1-3-8-16-13-12(15)14(18-9-17-13)19-11-6-4-10(2)5-7-11/h3-7,9H,1,8,15H2,2H3,(H2,16,17,18,19). The number of aryl methyl sites for hydroxylation is 1.